The highest BCUT2D eigenvalue weighted by Crippen LogP contribution is 1.96. The molecule has 0 aliphatic carbocycles. The lowest BCUT2D eigenvalue weighted by atomic mass is 10.3. The van der Waals surface area contributed by atoms with Crippen LogP contribution in [0.15, 0.2) is 0 Å². The SMILES string of the molecule is NNC1COC1.NNC1COC1.O=C(O)C(=O)O. The largest absolute Gasteiger partial charge is 0.473 e. The van der Waals surface area contributed by atoms with E-state index >= 15 is 0 Å². The lowest BCUT2D eigenvalue weighted by molar-refractivity contribution is -0.159. The van der Waals surface area contributed by atoms with E-state index in [1.807, 2.05) is 0 Å². The summed E-state index contributed by atoms with van der Waals surface area (Å²) in [6, 6.07) is 0.843. The number of nitrogens with one attached hydrogen (secondary N) is 2. The second kappa shape index (κ2) is 9.70. The lowest BCUT2D eigenvalue weighted by Gasteiger charge is -2.24. The van der Waals surface area contributed by atoms with Gasteiger partial charge in [0.15, 0.2) is 0 Å². The lowest BCUT2D eigenvalue weighted by Crippen LogP contribution is -2.49. The van der Waals surface area contributed by atoms with Gasteiger partial charge in [-0.2, -0.15) is 0 Å². The van der Waals surface area contributed by atoms with Gasteiger partial charge in [-0.15, -0.1) is 0 Å². The van der Waals surface area contributed by atoms with Crippen LogP contribution >= 0.6 is 0 Å². The Balaban J connectivity index is 0.000000241. The molecule has 8 N–H and O–H groups in total. The van der Waals surface area contributed by atoms with Gasteiger partial charge in [0.05, 0.1) is 38.5 Å². The van der Waals surface area contributed by atoms with Crippen LogP contribution in [0.2, 0.25) is 0 Å². The minimum atomic E-state index is -1.82. The van der Waals surface area contributed by atoms with E-state index in [4.69, 9.17) is 41.0 Å². The first kappa shape index (κ1) is 16.7. The standard InChI is InChI=1S/2C3H8N2O.C2H2O4/c2*4-5-3-1-6-2-3;3-1(4)2(5)6/h2*3,5H,1-2,4H2;(H,3,4)(H,5,6). The van der Waals surface area contributed by atoms with Gasteiger partial charge in [-0.1, -0.05) is 0 Å². The number of carbonyl (C=O) groups is 2. The number of hydrogen-bond acceptors (Lipinski definition) is 8. The van der Waals surface area contributed by atoms with Crippen LogP contribution in [-0.2, 0) is 19.1 Å². The first-order chi connectivity index (χ1) is 8.51. The highest BCUT2D eigenvalue weighted by Gasteiger charge is 2.15. The van der Waals surface area contributed by atoms with Crippen LogP contribution in [0.25, 0.3) is 0 Å². The molecule has 18 heavy (non-hydrogen) atoms. The van der Waals surface area contributed by atoms with Gasteiger partial charge in [0.2, 0.25) is 0 Å². The van der Waals surface area contributed by atoms with Gasteiger partial charge in [0, 0.05) is 0 Å². The summed E-state index contributed by atoms with van der Waals surface area (Å²) >= 11 is 0. The zero-order chi connectivity index (χ0) is 14.0. The number of nitrogens with two attached hydrogens (primary N) is 2. The van der Waals surface area contributed by atoms with Gasteiger partial charge in [-0.05, 0) is 0 Å². The van der Waals surface area contributed by atoms with E-state index in [0.29, 0.717) is 12.1 Å². The molecule has 0 saturated carbocycles. The van der Waals surface area contributed by atoms with Gasteiger partial charge >= 0.3 is 11.9 Å². The summed E-state index contributed by atoms with van der Waals surface area (Å²) in [4.78, 5) is 18.2. The maximum Gasteiger partial charge on any atom is 0.414 e. The van der Waals surface area contributed by atoms with Crippen molar-refractivity contribution in [2.75, 3.05) is 26.4 Å². The molecule has 2 heterocycles. The smallest absolute Gasteiger partial charge is 0.414 e. The summed E-state index contributed by atoms with van der Waals surface area (Å²) in [6.07, 6.45) is 0. The van der Waals surface area contributed by atoms with Crippen LogP contribution in [0.1, 0.15) is 0 Å². The first-order valence-electron chi connectivity index (χ1n) is 5.05. The van der Waals surface area contributed by atoms with Crippen molar-refractivity contribution in [2.24, 2.45) is 11.7 Å². The van der Waals surface area contributed by atoms with Gasteiger partial charge in [0.1, 0.15) is 0 Å². The maximum absolute atomic E-state index is 9.10. The molecule has 106 valence electrons. The molecular formula is C8H18N4O6. The Morgan fingerprint density at radius 2 is 1.17 bits per heavy atom. The molecule has 0 aromatic heterocycles. The molecule has 0 spiro atoms. The predicted molar refractivity (Wildman–Crippen MR) is 59.1 cm³/mol. The maximum atomic E-state index is 9.10. The number of rotatable bonds is 2. The number of aliphatic carboxylic acids is 2. The number of hydrazine groups is 2. The van der Waals surface area contributed by atoms with Crippen LogP contribution in [0.3, 0.4) is 0 Å². The molecule has 2 fully saturated rings. The Bertz CT molecular complexity index is 224. The monoisotopic (exact) mass is 266 g/mol. The fourth-order valence-electron chi connectivity index (χ4n) is 0.664. The summed E-state index contributed by atoms with van der Waals surface area (Å²) in [7, 11) is 0. The van der Waals surface area contributed by atoms with Crippen molar-refractivity contribution in [3.05, 3.63) is 0 Å². The zero-order valence-electron chi connectivity index (χ0n) is 9.67. The normalized spacial score (nSPS) is 18.1. The Kier molecular flexibility index (Phi) is 9.00. The third-order valence-corrected chi connectivity index (χ3v) is 1.93. The van der Waals surface area contributed by atoms with E-state index in [1.54, 1.807) is 0 Å². The molecule has 0 aromatic carbocycles. The van der Waals surface area contributed by atoms with E-state index in [2.05, 4.69) is 10.9 Å². The molecule has 0 unspecified atom stereocenters. The van der Waals surface area contributed by atoms with Crippen LogP contribution in [0.4, 0.5) is 0 Å². The summed E-state index contributed by atoms with van der Waals surface area (Å²) in [5.74, 6) is 6.36. The molecule has 0 aromatic rings. The minimum Gasteiger partial charge on any atom is -0.473 e. The summed E-state index contributed by atoms with van der Waals surface area (Å²) in [5, 5.41) is 14.8. The predicted octanol–water partition coefficient (Wildman–Crippen LogP) is -3.15. The molecule has 10 heteroatoms. The van der Waals surface area contributed by atoms with Gasteiger partial charge in [0.25, 0.3) is 0 Å². The van der Waals surface area contributed by atoms with Crippen LogP contribution in [-0.4, -0.2) is 60.7 Å². The molecule has 2 rings (SSSR count). The Morgan fingerprint density at radius 3 is 1.17 bits per heavy atom. The fraction of sp³-hybridized carbons (Fsp3) is 0.750. The molecule has 0 amide bonds. The molecule has 2 aliphatic heterocycles. The van der Waals surface area contributed by atoms with E-state index < -0.39 is 11.9 Å². The average Bonchev–Trinajstić information content (AvgIpc) is 2.15. The molecule has 2 aliphatic rings. The average molecular weight is 266 g/mol. The molecule has 2 saturated heterocycles. The summed E-state index contributed by atoms with van der Waals surface area (Å²) in [5.41, 5.74) is 5.15. The van der Waals surface area contributed by atoms with Gasteiger partial charge < -0.3 is 19.7 Å². The topological polar surface area (TPSA) is 169 Å². The van der Waals surface area contributed by atoms with Gasteiger partial charge in [-0.25, -0.2) is 9.59 Å². The molecule has 10 nitrogen and oxygen atoms in total. The Morgan fingerprint density at radius 1 is 0.889 bits per heavy atom. The third-order valence-electron chi connectivity index (χ3n) is 1.93. The quantitative estimate of drug-likeness (QED) is 0.170. The van der Waals surface area contributed by atoms with Crippen molar-refractivity contribution in [1.82, 2.24) is 10.9 Å². The second-order valence-electron chi connectivity index (χ2n) is 3.41. The van der Waals surface area contributed by atoms with Crippen LogP contribution in [0.5, 0.6) is 0 Å². The molecular weight excluding hydrogens is 248 g/mol. The number of hydrogen-bond donors (Lipinski definition) is 6. The van der Waals surface area contributed by atoms with Crippen molar-refractivity contribution < 1.29 is 29.3 Å². The summed E-state index contributed by atoms with van der Waals surface area (Å²) in [6.45, 7) is 3.10. The second-order valence-corrected chi connectivity index (χ2v) is 3.41. The van der Waals surface area contributed by atoms with Crippen LogP contribution in [0, 0.1) is 0 Å². The number of carboxylic acids is 2. The van der Waals surface area contributed by atoms with Crippen molar-refractivity contribution in [2.45, 2.75) is 12.1 Å². The van der Waals surface area contributed by atoms with Crippen molar-refractivity contribution in [1.29, 1.82) is 0 Å². The van der Waals surface area contributed by atoms with Crippen LogP contribution < -0.4 is 22.5 Å². The summed E-state index contributed by atoms with van der Waals surface area (Å²) < 4.78 is 9.57. The van der Waals surface area contributed by atoms with E-state index in [-0.39, 0.29) is 0 Å². The fourth-order valence-corrected chi connectivity index (χ4v) is 0.664. The van der Waals surface area contributed by atoms with E-state index in [1.165, 1.54) is 0 Å². The molecule has 0 bridgehead atoms. The van der Waals surface area contributed by atoms with E-state index in [0.717, 1.165) is 26.4 Å². The highest BCUT2D eigenvalue weighted by atomic mass is 16.5. The minimum absolute atomic E-state index is 0.421. The third kappa shape index (κ3) is 7.89. The molecule has 0 atom stereocenters. The Hall–Kier alpha value is -1.30. The van der Waals surface area contributed by atoms with Crippen molar-refractivity contribution in [3.63, 3.8) is 0 Å². The van der Waals surface area contributed by atoms with E-state index in [9.17, 15) is 0 Å². The first-order valence-corrected chi connectivity index (χ1v) is 5.05. The zero-order valence-corrected chi connectivity index (χ0v) is 9.67. The number of carboxylic acid groups (broad SMARTS) is 2. The Labute approximate surface area is 103 Å². The number of ether oxygens (including phenoxy) is 2. The van der Waals surface area contributed by atoms with Crippen molar-refractivity contribution in [3.8, 4) is 0 Å². The molecule has 0 radical (unpaired) electrons. The van der Waals surface area contributed by atoms with Gasteiger partial charge in [-0.3, -0.25) is 22.5 Å². The van der Waals surface area contributed by atoms with Crippen molar-refractivity contribution >= 4 is 11.9 Å². The highest BCUT2D eigenvalue weighted by molar-refractivity contribution is 6.27.